The van der Waals surface area contributed by atoms with Crippen LogP contribution in [0.1, 0.15) is 12.5 Å². The number of benzene rings is 1. The van der Waals surface area contributed by atoms with E-state index in [0.29, 0.717) is 19.0 Å². The number of fused-ring (bicyclic) bond motifs is 1. The third kappa shape index (κ3) is 1.64. The van der Waals surface area contributed by atoms with Crippen molar-refractivity contribution in [2.75, 3.05) is 13.2 Å². The van der Waals surface area contributed by atoms with E-state index in [1.807, 2.05) is 21.0 Å². The van der Waals surface area contributed by atoms with Gasteiger partial charge in [-0.2, -0.15) is 0 Å². The summed E-state index contributed by atoms with van der Waals surface area (Å²) in [6.07, 6.45) is 0.738. The van der Waals surface area contributed by atoms with Gasteiger partial charge in [-0.1, -0.05) is 13.7 Å². The van der Waals surface area contributed by atoms with Crippen molar-refractivity contribution in [3.63, 3.8) is 0 Å². The van der Waals surface area contributed by atoms with E-state index >= 15 is 0 Å². The van der Waals surface area contributed by atoms with Crippen molar-refractivity contribution >= 4 is 12.7 Å². The zero-order valence-electron chi connectivity index (χ0n) is 9.04. The molecule has 0 bridgehead atoms. The highest BCUT2D eigenvalue weighted by molar-refractivity contribution is 6.53. The average molecular weight is 205 g/mol. The zero-order valence-corrected chi connectivity index (χ0v) is 9.04. The number of phenols is 1. The van der Waals surface area contributed by atoms with E-state index in [4.69, 9.17) is 9.47 Å². The lowest BCUT2D eigenvalue weighted by Gasteiger charge is -2.24. The van der Waals surface area contributed by atoms with Crippen molar-refractivity contribution < 1.29 is 14.6 Å². The summed E-state index contributed by atoms with van der Waals surface area (Å²) in [6.45, 7) is 5.02. The van der Waals surface area contributed by atoms with Crippen LogP contribution in [0.2, 0.25) is 6.82 Å². The highest BCUT2D eigenvalue weighted by atomic mass is 16.6. The van der Waals surface area contributed by atoms with Crippen LogP contribution in [0, 0.1) is 0 Å². The Balaban J connectivity index is 2.60. The van der Waals surface area contributed by atoms with Crippen LogP contribution >= 0.6 is 0 Å². The second-order valence-electron chi connectivity index (χ2n) is 3.46. The summed E-state index contributed by atoms with van der Waals surface area (Å²) in [4.78, 5) is 0. The van der Waals surface area contributed by atoms with Gasteiger partial charge in [0.15, 0.2) is 18.8 Å². The molecule has 1 N–H and O–H groups in total. The predicted molar refractivity (Wildman–Crippen MR) is 59.7 cm³/mol. The molecule has 3 nitrogen and oxygen atoms in total. The molecule has 0 spiro atoms. The van der Waals surface area contributed by atoms with Gasteiger partial charge in [0.25, 0.3) is 0 Å². The van der Waals surface area contributed by atoms with Gasteiger partial charge < -0.3 is 14.6 Å². The third-order valence-electron chi connectivity index (χ3n) is 2.58. The van der Waals surface area contributed by atoms with E-state index in [1.165, 1.54) is 0 Å². The molecule has 0 aromatic heterocycles. The fourth-order valence-corrected chi connectivity index (χ4v) is 1.83. The van der Waals surface area contributed by atoms with Crippen LogP contribution in [0.15, 0.2) is 6.07 Å². The summed E-state index contributed by atoms with van der Waals surface area (Å²) in [6, 6.07) is 1.73. The normalized spacial score (nSPS) is 13.7. The molecule has 1 aliphatic rings. The monoisotopic (exact) mass is 205 g/mol. The maximum absolute atomic E-state index is 9.82. The molecule has 1 aromatic rings. The van der Waals surface area contributed by atoms with Crippen LogP contribution in [0.3, 0.4) is 0 Å². The van der Waals surface area contributed by atoms with Crippen LogP contribution in [-0.4, -0.2) is 25.6 Å². The van der Waals surface area contributed by atoms with Gasteiger partial charge >= 0.3 is 0 Å². The summed E-state index contributed by atoms with van der Waals surface area (Å²) in [5.41, 5.74) is 1.72. The SMILES string of the molecule is C[B]c1cc(O)c(CC)c2c1OCCO2. The fourth-order valence-electron chi connectivity index (χ4n) is 1.83. The van der Waals surface area contributed by atoms with E-state index < -0.39 is 0 Å². The average Bonchev–Trinajstić information content (AvgIpc) is 2.28. The fraction of sp³-hybridized carbons (Fsp3) is 0.455. The number of phenolic OH excluding ortho intramolecular Hbond substituents is 1. The molecule has 4 heteroatoms. The van der Waals surface area contributed by atoms with Gasteiger partial charge in [-0.3, -0.25) is 0 Å². The number of ether oxygens (including phenoxy) is 2. The third-order valence-corrected chi connectivity index (χ3v) is 2.58. The molecule has 0 unspecified atom stereocenters. The topological polar surface area (TPSA) is 38.7 Å². The molecule has 1 heterocycles. The molecule has 2 rings (SSSR count). The molecular weight excluding hydrogens is 191 g/mol. The molecule has 0 aliphatic carbocycles. The van der Waals surface area contributed by atoms with Crippen molar-refractivity contribution in [1.82, 2.24) is 0 Å². The first kappa shape index (κ1) is 10.2. The molecular formula is C11H14BO3. The van der Waals surface area contributed by atoms with Crippen LogP contribution in [-0.2, 0) is 6.42 Å². The van der Waals surface area contributed by atoms with E-state index in [9.17, 15) is 5.11 Å². The van der Waals surface area contributed by atoms with Gasteiger partial charge in [0.2, 0.25) is 0 Å². The Labute approximate surface area is 90.3 Å². The highest BCUT2D eigenvalue weighted by Gasteiger charge is 2.21. The number of hydrogen-bond donors (Lipinski definition) is 1. The minimum atomic E-state index is 0.287. The summed E-state index contributed by atoms with van der Waals surface area (Å²) in [5, 5.41) is 9.82. The molecule has 15 heavy (non-hydrogen) atoms. The second kappa shape index (κ2) is 4.05. The van der Waals surface area contributed by atoms with E-state index in [-0.39, 0.29) is 5.75 Å². The number of aromatic hydroxyl groups is 1. The maximum atomic E-state index is 9.82. The first-order chi connectivity index (χ1) is 7.27. The van der Waals surface area contributed by atoms with E-state index in [2.05, 4.69) is 0 Å². The van der Waals surface area contributed by atoms with Gasteiger partial charge in [-0.05, 0) is 17.9 Å². The van der Waals surface area contributed by atoms with Gasteiger partial charge in [0.1, 0.15) is 19.0 Å². The maximum Gasteiger partial charge on any atom is 0.167 e. The van der Waals surface area contributed by atoms with Crippen molar-refractivity contribution in [2.45, 2.75) is 20.2 Å². The van der Waals surface area contributed by atoms with Gasteiger partial charge in [0, 0.05) is 5.56 Å². The molecule has 0 saturated heterocycles. The minimum absolute atomic E-state index is 0.287. The summed E-state index contributed by atoms with van der Waals surface area (Å²) in [7, 11) is 1.91. The van der Waals surface area contributed by atoms with E-state index in [1.54, 1.807) is 6.07 Å². The standard InChI is InChI=1S/C11H14BO3/c1-3-7-9(13)6-8(12-2)11-10(7)14-4-5-15-11/h6,13H,3-5H2,1-2H3. The quantitative estimate of drug-likeness (QED) is 0.734. The minimum Gasteiger partial charge on any atom is -0.508 e. The second-order valence-corrected chi connectivity index (χ2v) is 3.46. The van der Waals surface area contributed by atoms with E-state index in [0.717, 1.165) is 23.2 Å². The van der Waals surface area contributed by atoms with Crippen molar-refractivity contribution in [2.24, 2.45) is 0 Å². The van der Waals surface area contributed by atoms with Gasteiger partial charge in [0.05, 0.1) is 0 Å². The Morgan fingerprint density at radius 1 is 1.33 bits per heavy atom. The molecule has 1 aromatic carbocycles. The summed E-state index contributed by atoms with van der Waals surface area (Å²) >= 11 is 0. The van der Waals surface area contributed by atoms with Crippen LogP contribution < -0.4 is 14.9 Å². The number of rotatable bonds is 2. The van der Waals surface area contributed by atoms with Crippen molar-refractivity contribution in [3.8, 4) is 17.2 Å². The van der Waals surface area contributed by atoms with Crippen molar-refractivity contribution in [3.05, 3.63) is 11.6 Å². The molecule has 0 atom stereocenters. The summed E-state index contributed by atoms with van der Waals surface area (Å²) in [5.74, 6) is 1.75. The van der Waals surface area contributed by atoms with Gasteiger partial charge in [-0.25, -0.2) is 0 Å². The lowest BCUT2D eigenvalue weighted by atomic mass is 9.72. The Hall–Kier alpha value is -1.32. The number of hydrogen-bond acceptors (Lipinski definition) is 3. The Morgan fingerprint density at radius 3 is 2.60 bits per heavy atom. The zero-order chi connectivity index (χ0) is 10.8. The van der Waals surface area contributed by atoms with Crippen LogP contribution in [0.4, 0.5) is 0 Å². The largest absolute Gasteiger partial charge is 0.508 e. The smallest absolute Gasteiger partial charge is 0.167 e. The lowest BCUT2D eigenvalue weighted by molar-refractivity contribution is 0.170. The molecule has 1 aliphatic heterocycles. The van der Waals surface area contributed by atoms with Crippen molar-refractivity contribution in [1.29, 1.82) is 0 Å². The Morgan fingerprint density at radius 2 is 2.00 bits per heavy atom. The van der Waals surface area contributed by atoms with Crippen LogP contribution in [0.5, 0.6) is 17.2 Å². The first-order valence-corrected chi connectivity index (χ1v) is 5.21. The molecule has 0 amide bonds. The highest BCUT2D eigenvalue weighted by Crippen LogP contribution is 2.37. The Kier molecular flexibility index (Phi) is 2.76. The first-order valence-electron chi connectivity index (χ1n) is 5.21. The van der Waals surface area contributed by atoms with Gasteiger partial charge in [-0.15, -0.1) is 0 Å². The van der Waals surface area contributed by atoms with Crippen LogP contribution in [0.25, 0.3) is 0 Å². The lowest BCUT2D eigenvalue weighted by Crippen LogP contribution is -2.24. The Bertz CT molecular complexity index is 377. The summed E-state index contributed by atoms with van der Waals surface area (Å²) < 4.78 is 11.1. The molecule has 1 radical (unpaired) electrons. The molecule has 0 fully saturated rings. The molecule has 0 saturated carbocycles. The predicted octanol–water partition coefficient (Wildman–Crippen LogP) is 1.10. The molecule has 79 valence electrons.